The molecule has 0 saturated carbocycles. The zero-order chi connectivity index (χ0) is 17.4. The van der Waals surface area contributed by atoms with E-state index in [4.69, 9.17) is 0 Å². The summed E-state index contributed by atoms with van der Waals surface area (Å²) in [5, 5.41) is 5.57. The van der Waals surface area contributed by atoms with Crippen molar-refractivity contribution in [3.8, 4) is 0 Å². The number of nitrogens with zero attached hydrogens (tertiary/aromatic N) is 1. The average Bonchev–Trinajstić information content (AvgIpc) is 2.57. The van der Waals surface area contributed by atoms with Crippen LogP contribution in [-0.2, 0) is 6.42 Å². The Morgan fingerprint density at radius 1 is 1.08 bits per heavy atom. The summed E-state index contributed by atoms with van der Waals surface area (Å²) in [7, 11) is 0. The average molecular weight is 329 g/mol. The summed E-state index contributed by atoms with van der Waals surface area (Å²) in [6, 6.07) is 13.9. The summed E-state index contributed by atoms with van der Waals surface area (Å²) in [6.07, 6.45) is 0.589. The van der Waals surface area contributed by atoms with E-state index in [0.29, 0.717) is 13.0 Å². The first-order valence-corrected chi connectivity index (χ1v) is 8.26. The highest BCUT2D eigenvalue weighted by Gasteiger charge is 2.04. The van der Waals surface area contributed by atoms with Gasteiger partial charge in [-0.25, -0.2) is 9.18 Å². The molecule has 2 aromatic rings. The SMILES string of the molecule is CCN(CC)c1ccc(NC(=O)NCCc2cccc(F)c2)cc1. The second-order valence-electron chi connectivity index (χ2n) is 5.48. The molecule has 0 radical (unpaired) electrons. The highest BCUT2D eigenvalue weighted by molar-refractivity contribution is 5.89. The van der Waals surface area contributed by atoms with Crippen LogP contribution in [0.15, 0.2) is 48.5 Å². The van der Waals surface area contributed by atoms with Gasteiger partial charge >= 0.3 is 6.03 Å². The van der Waals surface area contributed by atoms with Crippen molar-refractivity contribution < 1.29 is 9.18 Å². The molecule has 0 aliphatic carbocycles. The molecule has 0 aromatic heterocycles. The molecule has 128 valence electrons. The number of anilines is 2. The van der Waals surface area contributed by atoms with E-state index in [9.17, 15) is 9.18 Å². The van der Waals surface area contributed by atoms with Gasteiger partial charge in [0.2, 0.25) is 0 Å². The van der Waals surface area contributed by atoms with Crippen molar-refractivity contribution in [2.24, 2.45) is 0 Å². The molecule has 2 rings (SSSR count). The molecule has 0 spiro atoms. The Labute approximate surface area is 142 Å². The van der Waals surface area contributed by atoms with Crippen molar-refractivity contribution in [1.29, 1.82) is 0 Å². The highest BCUT2D eigenvalue weighted by Crippen LogP contribution is 2.17. The summed E-state index contributed by atoms with van der Waals surface area (Å²) in [4.78, 5) is 14.1. The van der Waals surface area contributed by atoms with Gasteiger partial charge in [-0.3, -0.25) is 0 Å². The molecule has 4 nitrogen and oxygen atoms in total. The molecule has 0 heterocycles. The quantitative estimate of drug-likeness (QED) is 0.805. The molecular formula is C19H24FN3O. The van der Waals surface area contributed by atoms with Gasteiger partial charge < -0.3 is 15.5 Å². The standard InChI is InChI=1S/C19H24FN3O/c1-3-23(4-2)18-10-8-17(9-11-18)22-19(24)21-13-12-15-6-5-7-16(20)14-15/h5-11,14H,3-4,12-13H2,1-2H3,(H2,21,22,24). The molecular weight excluding hydrogens is 305 g/mol. The van der Waals surface area contributed by atoms with Crippen molar-refractivity contribution in [2.45, 2.75) is 20.3 Å². The fraction of sp³-hybridized carbons (Fsp3) is 0.316. The number of carbonyl (C=O) groups is 1. The van der Waals surface area contributed by atoms with Crippen molar-refractivity contribution in [1.82, 2.24) is 5.32 Å². The number of benzene rings is 2. The van der Waals surface area contributed by atoms with Gasteiger partial charge in [0.15, 0.2) is 0 Å². The maximum Gasteiger partial charge on any atom is 0.319 e. The van der Waals surface area contributed by atoms with E-state index in [-0.39, 0.29) is 11.8 Å². The normalized spacial score (nSPS) is 10.3. The van der Waals surface area contributed by atoms with Crippen LogP contribution in [0.2, 0.25) is 0 Å². The van der Waals surface area contributed by atoms with Crippen LogP contribution >= 0.6 is 0 Å². The van der Waals surface area contributed by atoms with Gasteiger partial charge in [0.05, 0.1) is 0 Å². The Hall–Kier alpha value is -2.56. The first kappa shape index (κ1) is 17.8. The van der Waals surface area contributed by atoms with E-state index in [0.717, 1.165) is 30.0 Å². The number of amides is 2. The van der Waals surface area contributed by atoms with E-state index in [1.54, 1.807) is 6.07 Å². The fourth-order valence-corrected chi connectivity index (χ4v) is 2.53. The van der Waals surface area contributed by atoms with Crippen LogP contribution < -0.4 is 15.5 Å². The smallest absolute Gasteiger partial charge is 0.319 e. The molecule has 0 saturated heterocycles. The molecule has 0 fully saturated rings. The van der Waals surface area contributed by atoms with E-state index >= 15 is 0 Å². The molecule has 24 heavy (non-hydrogen) atoms. The zero-order valence-corrected chi connectivity index (χ0v) is 14.2. The second kappa shape index (κ2) is 8.91. The summed E-state index contributed by atoms with van der Waals surface area (Å²) in [5.74, 6) is -0.259. The summed E-state index contributed by atoms with van der Waals surface area (Å²) < 4.78 is 13.1. The van der Waals surface area contributed by atoms with Gasteiger partial charge in [-0.05, 0) is 62.2 Å². The predicted octanol–water partition coefficient (Wildman–Crippen LogP) is 4.04. The molecule has 0 bridgehead atoms. The molecule has 2 N–H and O–H groups in total. The number of urea groups is 1. The Balaban J connectivity index is 1.79. The Morgan fingerprint density at radius 2 is 1.79 bits per heavy atom. The van der Waals surface area contributed by atoms with Crippen LogP contribution in [0.5, 0.6) is 0 Å². The molecule has 2 amide bonds. The summed E-state index contributed by atoms with van der Waals surface area (Å²) in [5.41, 5.74) is 2.74. The van der Waals surface area contributed by atoms with Gasteiger partial charge in [-0.15, -0.1) is 0 Å². The monoisotopic (exact) mass is 329 g/mol. The molecule has 5 heteroatoms. The van der Waals surface area contributed by atoms with Crippen LogP contribution in [-0.4, -0.2) is 25.7 Å². The number of carbonyl (C=O) groups excluding carboxylic acids is 1. The second-order valence-corrected chi connectivity index (χ2v) is 5.48. The van der Waals surface area contributed by atoms with Gasteiger partial charge in [-0.2, -0.15) is 0 Å². The van der Waals surface area contributed by atoms with E-state index in [1.165, 1.54) is 12.1 Å². The lowest BCUT2D eigenvalue weighted by molar-refractivity contribution is 0.252. The third kappa shape index (κ3) is 5.26. The fourth-order valence-electron chi connectivity index (χ4n) is 2.53. The van der Waals surface area contributed by atoms with Gasteiger partial charge in [0, 0.05) is 31.0 Å². The Morgan fingerprint density at radius 3 is 2.42 bits per heavy atom. The highest BCUT2D eigenvalue weighted by atomic mass is 19.1. The first-order valence-electron chi connectivity index (χ1n) is 8.26. The van der Waals surface area contributed by atoms with Crippen LogP contribution in [0.25, 0.3) is 0 Å². The molecule has 0 unspecified atom stereocenters. The predicted molar refractivity (Wildman–Crippen MR) is 97.1 cm³/mol. The van der Waals surface area contributed by atoms with Crippen LogP contribution in [0.4, 0.5) is 20.6 Å². The van der Waals surface area contributed by atoms with Crippen molar-refractivity contribution in [3.63, 3.8) is 0 Å². The van der Waals surface area contributed by atoms with Crippen LogP contribution in [0.3, 0.4) is 0 Å². The Bertz CT molecular complexity index is 654. The largest absolute Gasteiger partial charge is 0.372 e. The van der Waals surface area contributed by atoms with Gasteiger partial charge in [-0.1, -0.05) is 12.1 Å². The molecule has 0 aliphatic heterocycles. The molecule has 0 aliphatic rings. The summed E-state index contributed by atoms with van der Waals surface area (Å²) in [6.45, 7) is 6.57. The van der Waals surface area contributed by atoms with Crippen molar-refractivity contribution >= 4 is 17.4 Å². The number of hydrogen-bond donors (Lipinski definition) is 2. The topological polar surface area (TPSA) is 44.4 Å². The van der Waals surface area contributed by atoms with Crippen molar-refractivity contribution in [2.75, 3.05) is 29.9 Å². The number of nitrogens with one attached hydrogen (secondary N) is 2. The molecule has 2 aromatic carbocycles. The third-order valence-electron chi connectivity index (χ3n) is 3.84. The summed E-state index contributed by atoms with van der Waals surface area (Å²) >= 11 is 0. The van der Waals surface area contributed by atoms with Gasteiger partial charge in [0.25, 0.3) is 0 Å². The lowest BCUT2D eigenvalue weighted by Crippen LogP contribution is -2.30. The minimum absolute atomic E-state index is 0.259. The lowest BCUT2D eigenvalue weighted by atomic mass is 10.1. The van der Waals surface area contributed by atoms with Crippen molar-refractivity contribution in [3.05, 3.63) is 59.9 Å². The van der Waals surface area contributed by atoms with Gasteiger partial charge in [0.1, 0.15) is 5.82 Å². The van der Waals surface area contributed by atoms with E-state index in [2.05, 4.69) is 29.4 Å². The molecule has 0 atom stereocenters. The van der Waals surface area contributed by atoms with E-state index in [1.807, 2.05) is 30.3 Å². The number of hydrogen-bond acceptors (Lipinski definition) is 2. The first-order chi connectivity index (χ1) is 11.6. The Kier molecular flexibility index (Phi) is 6.61. The third-order valence-corrected chi connectivity index (χ3v) is 3.84. The number of halogens is 1. The zero-order valence-electron chi connectivity index (χ0n) is 14.2. The van der Waals surface area contributed by atoms with Crippen LogP contribution in [0, 0.1) is 5.82 Å². The minimum Gasteiger partial charge on any atom is -0.372 e. The lowest BCUT2D eigenvalue weighted by Gasteiger charge is -2.21. The van der Waals surface area contributed by atoms with E-state index < -0.39 is 0 Å². The maximum absolute atomic E-state index is 13.1. The minimum atomic E-state index is -0.262. The number of rotatable bonds is 7. The van der Waals surface area contributed by atoms with Crippen LogP contribution in [0.1, 0.15) is 19.4 Å². The maximum atomic E-state index is 13.1.